The Morgan fingerprint density at radius 3 is 2.68 bits per heavy atom. The normalized spacial score (nSPS) is 10.6. The average molecular weight is 353 g/mol. The molecule has 0 saturated heterocycles. The van der Waals surface area contributed by atoms with E-state index >= 15 is 0 Å². The van der Waals surface area contributed by atoms with Crippen molar-refractivity contribution in [2.24, 2.45) is 0 Å². The van der Waals surface area contributed by atoms with Crippen LogP contribution in [0.1, 0.15) is 33.3 Å². The van der Waals surface area contributed by atoms with Gasteiger partial charge >= 0.3 is 0 Å². The molecule has 0 fully saturated rings. The molecule has 25 heavy (non-hydrogen) atoms. The third-order valence-electron chi connectivity index (χ3n) is 3.73. The van der Waals surface area contributed by atoms with Gasteiger partial charge in [-0.15, -0.1) is 11.3 Å². The Hall–Kier alpha value is -2.73. The lowest BCUT2D eigenvalue weighted by Gasteiger charge is -2.03. The van der Waals surface area contributed by atoms with Crippen molar-refractivity contribution in [3.63, 3.8) is 0 Å². The lowest BCUT2D eigenvalue weighted by molar-refractivity contribution is -0.120. The summed E-state index contributed by atoms with van der Waals surface area (Å²) < 4.78 is 1.86. The zero-order valence-corrected chi connectivity index (χ0v) is 14.8. The van der Waals surface area contributed by atoms with E-state index in [4.69, 9.17) is 0 Å². The Labute approximate surface area is 150 Å². The first-order valence-electron chi connectivity index (χ1n) is 8.00. The Morgan fingerprint density at radius 1 is 1.16 bits per heavy atom. The SMILES string of the molecule is CC(=O)c1cc(CC(=O)NCc2cnn(Cc3ccccc3)c2)cs1. The number of thiophene rings is 1. The van der Waals surface area contributed by atoms with Crippen LogP contribution < -0.4 is 5.32 Å². The summed E-state index contributed by atoms with van der Waals surface area (Å²) >= 11 is 1.38. The molecule has 2 aromatic heterocycles. The van der Waals surface area contributed by atoms with E-state index in [9.17, 15) is 9.59 Å². The van der Waals surface area contributed by atoms with E-state index in [-0.39, 0.29) is 18.1 Å². The van der Waals surface area contributed by atoms with Crippen LogP contribution in [0, 0.1) is 0 Å². The molecule has 0 radical (unpaired) electrons. The molecule has 0 atom stereocenters. The molecule has 128 valence electrons. The molecule has 0 bridgehead atoms. The number of hydrogen-bond donors (Lipinski definition) is 1. The smallest absolute Gasteiger partial charge is 0.224 e. The second-order valence-electron chi connectivity index (χ2n) is 5.86. The van der Waals surface area contributed by atoms with Gasteiger partial charge in [-0.1, -0.05) is 30.3 Å². The second-order valence-corrected chi connectivity index (χ2v) is 6.77. The number of amides is 1. The fourth-order valence-corrected chi connectivity index (χ4v) is 3.27. The summed E-state index contributed by atoms with van der Waals surface area (Å²) in [4.78, 5) is 24.0. The topological polar surface area (TPSA) is 64.0 Å². The quantitative estimate of drug-likeness (QED) is 0.664. The summed E-state index contributed by atoms with van der Waals surface area (Å²) in [6.45, 7) is 2.68. The van der Waals surface area contributed by atoms with Crippen LogP contribution in [0.25, 0.3) is 0 Å². The number of ketones is 1. The maximum atomic E-state index is 12.0. The monoisotopic (exact) mass is 353 g/mol. The van der Waals surface area contributed by atoms with Crippen molar-refractivity contribution in [2.45, 2.75) is 26.4 Å². The van der Waals surface area contributed by atoms with Gasteiger partial charge in [-0.3, -0.25) is 14.3 Å². The molecule has 0 saturated carbocycles. The number of rotatable bonds is 7. The summed E-state index contributed by atoms with van der Waals surface area (Å²) in [7, 11) is 0. The molecule has 0 unspecified atom stereocenters. The van der Waals surface area contributed by atoms with Crippen LogP contribution in [0.15, 0.2) is 54.2 Å². The molecule has 5 nitrogen and oxygen atoms in total. The fraction of sp³-hybridized carbons (Fsp3) is 0.211. The van der Waals surface area contributed by atoms with Gasteiger partial charge in [-0.05, 0) is 29.5 Å². The Morgan fingerprint density at radius 2 is 1.96 bits per heavy atom. The van der Waals surface area contributed by atoms with Crippen LogP contribution in [0.4, 0.5) is 0 Å². The first-order chi connectivity index (χ1) is 12.1. The van der Waals surface area contributed by atoms with Gasteiger partial charge < -0.3 is 5.32 Å². The van der Waals surface area contributed by atoms with E-state index in [1.54, 1.807) is 12.3 Å². The van der Waals surface area contributed by atoms with Crippen molar-refractivity contribution in [3.8, 4) is 0 Å². The zero-order valence-electron chi connectivity index (χ0n) is 13.9. The summed E-state index contributed by atoms with van der Waals surface area (Å²) in [5.74, 6) is -0.0359. The van der Waals surface area contributed by atoms with Gasteiger partial charge in [0.2, 0.25) is 5.91 Å². The fourth-order valence-electron chi connectivity index (χ4n) is 2.46. The minimum Gasteiger partial charge on any atom is -0.352 e. The predicted octanol–water partition coefficient (Wildman–Crippen LogP) is 3.05. The zero-order chi connectivity index (χ0) is 17.6. The first kappa shape index (κ1) is 17.1. The Balaban J connectivity index is 1.49. The summed E-state index contributed by atoms with van der Waals surface area (Å²) in [6, 6.07) is 11.9. The van der Waals surface area contributed by atoms with E-state index in [2.05, 4.69) is 22.5 Å². The molecule has 1 aromatic carbocycles. The van der Waals surface area contributed by atoms with Crippen molar-refractivity contribution in [1.82, 2.24) is 15.1 Å². The van der Waals surface area contributed by atoms with E-state index in [1.807, 2.05) is 34.5 Å². The third-order valence-corrected chi connectivity index (χ3v) is 4.81. The number of hydrogen-bond acceptors (Lipinski definition) is 4. The van der Waals surface area contributed by atoms with E-state index < -0.39 is 0 Å². The lowest BCUT2D eigenvalue weighted by atomic mass is 10.2. The first-order valence-corrected chi connectivity index (χ1v) is 8.88. The number of benzene rings is 1. The summed E-state index contributed by atoms with van der Waals surface area (Å²) in [5.41, 5.74) is 3.01. The molecular weight excluding hydrogens is 334 g/mol. The van der Waals surface area contributed by atoms with Crippen LogP contribution >= 0.6 is 11.3 Å². The molecular formula is C19H19N3O2S. The van der Waals surface area contributed by atoms with Gasteiger partial charge in [0.15, 0.2) is 5.78 Å². The molecule has 0 spiro atoms. The third kappa shape index (κ3) is 4.87. The molecule has 6 heteroatoms. The maximum Gasteiger partial charge on any atom is 0.224 e. The van der Waals surface area contributed by atoms with Crippen molar-refractivity contribution in [3.05, 3.63) is 75.7 Å². The van der Waals surface area contributed by atoms with Gasteiger partial charge in [0.25, 0.3) is 0 Å². The highest BCUT2D eigenvalue weighted by molar-refractivity contribution is 7.12. The second kappa shape index (κ2) is 7.90. The largest absolute Gasteiger partial charge is 0.352 e. The van der Waals surface area contributed by atoms with Gasteiger partial charge in [-0.25, -0.2) is 0 Å². The standard InChI is InChI=1S/C19H19N3O2S/c1-14(23)18-7-16(13-25-18)8-19(24)20-9-17-10-21-22(12-17)11-15-5-3-2-4-6-15/h2-7,10,12-13H,8-9,11H2,1H3,(H,20,24). The summed E-state index contributed by atoms with van der Waals surface area (Å²) in [5, 5.41) is 9.07. The molecule has 0 aliphatic heterocycles. The lowest BCUT2D eigenvalue weighted by Crippen LogP contribution is -2.24. The van der Waals surface area contributed by atoms with Crippen LogP contribution in [-0.4, -0.2) is 21.5 Å². The molecule has 1 amide bonds. The minimum atomic E-state index is -0.0660. The van der Waals surface area contributed by atoms with Crippen LogP contribution in [0.2, 0.25) is 0 Å². The van der Waals surface area contributed by atoms with Crippen molar-refractivity contribution >= 4 is 23.0 Å². The molecule has 0 aliphatic rings. The van der Waals surface area contributed by atoms with E-state index in [0.717, 1.165) is 11.1 Å². The Kier molecular flexibility index (Phi) is 5.40. The van der Waals surface area contributed by atoms with Gasteiger partial charge in [-0.2, -0.15) is 5.10 Å². The number of nitrogens with one attached hydrogen (secondary N) is 1. The number of aromatic nitrogens is 2. The van der Waals surface area contributed by atoms with Gasteiger partial charge in [0.1, 0.15) is 0 Å². The van der Waals surface area contributed by atoms with Gasteiger partial charge in [0.05, 0.1) is 24.0 Å². The number of Topliss-reactive ketones (excluding diaryl/α,β-unsaturated/α-hetero) is 1. The number of nitrogens with zero attached hydrogens (tertiary/aromatic N) is 2. The number of carbonyl (C=O) groups excluding carboxylic acids is 2. The highest BCUT2D eigenvalue weighted by atomic mass is 32.1. The van der Waals surface area contributed by atoms with Crippen LogP contribution in [-0.2, 0) is 24.3 Å². The van der Waals surface area contributed by atoms with Gasteiger partial charge in [0, 0.05) is 18.3 Å². The van der Waals surface area contributed by atoms with Crippen LogP contribution in [0.3, 0.4) is 0 Å². The average Bonchev–Trinajstić information content (AvgIpc) is 3.23. The molecule has 3 rings (SSSR count). The molecule has 3 aromatic rings. The maximum absolute atomic E-state index is 12.0. The number of carbonyl (C=O) groups is 2. The highest BCUT2D eigenvalue weighted by Crippen LogP contribution is 2.15. The van der Waals surface area contributed by atoms with E-state index in [1.165, 1.54) is 23.8 Å². The summed E-state index contributed by atoms with van der Waals surface area (Å²) in [6.07, 6.45) is 3.98. The minimum absolute atomic E-state index is 0.0301. The molecule has 0 aliphatic carbocycles. The Bertz CT molecular complexity index is 868. The highest BCUT2D eigenvalue weighted by Gasteiger charge is 2.09. The van der Waals surface area contributed by atoms with Crippen molar-refractivity contribution in [1.29, 1.82) is 0 Å². The molecule has 1 N–H and O–H groups in total. The van der Waals surface area contributed by atoms with E-state index in [0.29, 0.717) is 18.0 Å². The van der Waals surface area contributed by atoms with Crippen molar-refractivity contribution in [2.75, 3.05) is 0 Å². The predicted molar refractivity (Wildman–Crippen MR) is 97.6 cm³/mol. The van der Waals surface area contributed by atoms with Crippen molar-refractivity contribution < 1.29 is 9.59 Å². The molecule has 2 heterocycles. The van der Waals surface area contributed by atoms with Crippen LogP contribution in [0.5, 0.6) is 0 Å².